The normalized spacial score (nSPS) is 9.65. The third-order valence-electron chi connectivity index (χ3n) is 3.24. The number of aliphatic carboxylic acids is 5. The predicted octanol–water partition coefficient (Wildman–Crippen LogP) is -15.0. The fourth-order valence-corrected chi connectivity index (χ4v) is 2.19. The van der Waals surface area contributed by atoms with E-state index in [9.17, 15) is 39.3 Å². The molecule has 0 saturated carbocycles. The number of rotatable bonds is 16. The van der Waals surface area contributed by atoms with E-state index in [1.165, 1.54) is 4.90 Å². The van der Waals surface area contributed by atoms with Crippen LogP contribution < -0.4 is 104 Å². The number of carboxylic acid groups (broad SMARTS) is 5. The number of carbonyl (C=O) groups is 5. The molecule has 0 bridgehead atoms. The Labute approximate surface area is 246 Å². The van der Waals surface area contributed by atoms with Crippen LogP contribution in [0.3, 0.4) is 0 Å². The van der Waals surface area contributed by atoms with Crippen molar-refractivity contribution in [2.75, 3.05) is 58.9 Å². The van der Waals surface area contributed by atoms with E-state index in [0.29, 0.717) is 0 Å². The minimum absolute atomic E-state index is 0. The Morgan fingerprint density at radius 2 is 0.742 bits per heavy atom. The summed E-state index contributed by atoms with van der Waals surface area (Å²) in [5.41, 5.74) is 0. The first-order valence-electron chi connectivity index (χ1n) is 7.69. The fourth-order valence-electron chi connectivity index (χ4n) is 2.19. The molecule has 0 fully saturated rings. The molecule has 0 unspecified atom stereocenters. The van der Waals surface area contributed by atoms with Gasteiger partial charge in [-0.1, -0.05) is 7.43 Å². The predicted molar refractivity (Wildman–Crippen MR) is 86.3 cm³/mol. The molecule has 0 aromatic rings. The molecule has 0 aromatic carbocycles. The Morgan fingerprint density at radius 3 is 0.968 bits per heavy atom. The summed E-state index contributed by atoms with van der Waals surface area (Å²) in [7, 11) is 0. The third-order valence-corrected chi connectivity index (χ3v) is 3.24. The quantitative estimate of drug-likeness (QED) is 0.199. The standard InChI is InChI=1S/C14H23N3O10.CH4.3Na/c18-10(19)5-15(1-3-16(6-11(20)21)7-12(22)23)2-4-17(8-13(24)25)9-14(26)27;;;;/h1-9H2,(H,18,19)(H,20,21)(H,22,23)(H,24,25)(H,26,27);1H4;;;/q;;3*+1/p-3. The molecule has 0 aliphatic rings. The van der Waals surface area contributed by atoms with Crippen LogP contribution in [0.5, 0.6) is 0 Å². The van der Waals surface area contributed by atoms with Gasteiger partial charge < -0.3 is 39.9 Å². The summed E-state index contributed by atoms with van der Waals surface area (Å²) in [6, 6.07) is 0. The summed E-state index contributed by atoms with van der Waals surface area (Å²) in [5.74, 6) is -7.06. The van der Waals surface area contributed by atoms with E-state index in [-0.39, 0.29) is 122 Å². The van der Waals surface area contributed by atoms with Gasteiger partial charge >= 0.3 is 101 Å². The second kappa shape index (κ2) is 23.4. The van der Waals surface area contributed by atoms with Crippen molar-refractivity contribution in [3.05, 3.63) is 0 Å². The minimum Gasteiger partial charge on any atom is -0.549 e. The molecule has 31 heavy (non-hydrogen) atoms. The maximum Gasteiger partial charge on any atom is 1.00 e. The summed E-state index contributed by atoms with van der Waals surface area (Å²) in [6.45, 7) is -3.60. The van der Waals surface area contributed by atoms with E-state index < -0.39 is 62.6 Å². The average molecular weight is 475 g/mol. The van der Waals surface area contributed by atoms with Gasteiger partial charge in [-0.2, -0.15) is 0 Å². The van der Waals surface area contributed by atoms with Crippen molar-refractivity contribution in [2.24, 2.45) is 0 Å². The van der Waals surface area contributed by atoms with Crippen molar-refractivity contribution >= 4 is 29.8 Å². The zero-order valence-electron chi connectivity index (χ0n) is 17.4. The maximum atomic E-state index is 10.8. The van der Waals surface area contributed by atoms with Crippen molar-refractivity contribution in [3.63, 3.8) is 0 Å². The van der Waals surface area contributed by atoms with Crippen LogP contribution in [-0.4, -0.2) is 114 Å². The number of hydrogen-bond acceptors (Lipinski definition) is 11. The Kier molecular flexibility index (Phi) is 31.3. The number of carbonyl (C=O) groups excluding carboxylic acids is 3. The zero-order valence-corrected chi connectivity index (χ0v) is 23.4. The van der Waals surface area contributed by atoms with Gasteiger partial charge in [0.2, 0.25) is 0 Å². The van der Waals surface area contributed by atoms with Gasteiger partial charge in [-0.05, 0) is 0 Å². The molecule has 0 spiro atoms. The molecule has 13 nitrogen and oxygen atoms in total. The van der Waals surface area contributed by atoms with Gasteiger partial charge in [0, 0.05) is 45.8 Å². The maximum absolute atomic E-state index is 10.8. The summed E-state index contributed by atoms with van der Waals surface area (Å²) in [4.78, 5) is 56.9. The Morgan fingerprint density at radius 1 is 0.516 bits per heavy atom. The van der Waals surface area contributed by atoms with Crippen LogP contribution >= 0.6 is 0 Å². The van der Waals surface area contributed by atoms with Crippen LogP contribution in [0.25, 0.3) is 0 Å². The van der Waals surface area contributed by atoms with Gasteiger partial charge in [-0.3, -0.25) is 24.3 Å². The molecular weight excluding hydrogens is 451 g/mol. The summed E-state index contributed by atoms with van der Waals surface area (Å²) < 4.78 is 0. The van der Waals surface area contributed by atoms with Crippen LogP contribution in [-0.2, 0) is 24.0 Å². The molecule has 162 valence electrons. The third kappa shape index (κ3) is 26.4. The van der Waals surface area contributed by atoms with Crippen LogP contribution in [0, 0.1) is 0 Å². The first-order chi connectivity index (χ1) is 12.5. The molecule has 0 aliphatic heterocycles. The van der Waals surface area contributed by atoms with E-state index in [1.54, 1.807) is 0 Å². The fraction of sp³-hybridized carbons (Fsp3) is 0.667. The SMILES string of the molecule is C.O=C([O-])CN(CCN(CC(=O)[O-])CC(=O)O)CCN(CC(=O)[O-])CC(=O)O.[Na+].[Na+].[Na+]. The molecule has 2 N–H and O–H groups in total. The summed E-state index contributed by atoms with van der Waals surface area (Å²) in [6.07, 6.45) is 0. The number of hydrogen-bond donors (Lipinski definition) is 2. The largest absolute Gasteiger partial charge is 1.00 e. The molecule has 0 aliphatic carbocycles. The van der Waals surface area contributed by atoms with Gasteiger partial charge in [-0.15, -0.1) is 0 Å². The number of nitrogens with zero attached hydrogens (tertiary/aromatic N) is 3. The monoisotopic (exact) mass is 475 g/mol. The van der Waals surface area contributed by atoms with E-state index in [1.807, 2.05) is 0 Å². The van der Waals surface area contributed by atoms with E-state index in [2.05, 4.69) is 0 Å². The minimum atomic E-state index is -1.51. The molecule has 0 heterocycles. The Balaban J connectivity index is -0.000000563. The molecule has 0 amide bonds. The van der Waals surface area contributed by atoms with Gasteiger partial charge in [0.05, 0.1) is 31.0 Å². The smallest absolute Gasteiger partial charge is 0.549 e. The number of carboxylic acids is 5. The molecule has 0 radical (unpaired) electrons. The van der Waals surface area contributed by atoms with E-state index in [4.69, 9.17) is 10.2 Å². The van der Waals surface area contributed by atoms with Gasteiger partial charge in [0.1, 0.15) is 0 Å². The topological polar surface area (TPSA) is 205 Å². The van der Waals surface area contributed by atoms with Gasteiger partial charge in [-0.25, -0.2) is 0 Å². The second-order valence-corrected chi connectivity index (χ2v) is 5.60. The van der Waals surface area contributed by atoms with E-state index >= 15 is 0 Å². The van der Waals surface area contributed by atoms with Crippen molar-refractivity contribution in [1.29, 1.82) is 0 Å². The molecule has 16 heteroatoms. The molecule has 0 saturated heterocycles. The van der Waals surface area contributed by atoms with E-state index in [0.717, 1.165) is 9.80 Å². The van der Waals surface area contributed by atoms with Gasteiger partial charge in [0.15, 0.2) is 0 Å². The first kappa shape index (κ1) is 41.5. The second-order valence-electron chi connectivity index (χ2n) is 5.60. The van der Waals surface area contributed by atoms with Crippen molar-refractivity contribution in [3.8, 4) is 0 Å². The average Bonchev–Trinajstić information content (AvgIpc) is 2.46. The van der Waals surface area contributed by atoms with Gasteiger partial charge in [0.25, 0.3) is 0 Å². The Hall–Kier alpha value is 0.230. The molecule has 0 rings (SSSR count). The first-order valence-corrected chi connectivity index (χ1v) is 7.69. The van der Waals surface area contributed by atoms with Crippen LogP contribution in [0.2, 0.25) is 0 Å². The van der Waals surface area contributed by atoms with Crippen molar-refractivity contribution in [2.45, 2.75) is 7.43 Å². The Bertz CT molecular complexity index is 496. The van der Waals surface area contributed by atoms with Crippen molar-refractivity contribution in [1.82, 2.24) is 14.7 Å². The van der Waals surface area contributed by atoms with Crippen LogP contribution in [0.15, 0.2) is 0 Å². The van der Waals surface area contributed by atoms with Crippen LogP contribution in [0.1, 0.15) is 7.43 Å². The summed E-state index contributed by atoms with van der Waals surface area (Å²) >= 11 is 0. The van der Waals surface area contributed by atoms with Crippen molar-refractivity contribution < 1.29 is 138 Å². The van der Waals surface area contributed by atoms with Crippen LogP contribution in [0.4, 0.5) is 0 Å². The molecule has 0 atom stereocenters. The summed E-state index contributed by atoms with van der Waals surface area (Å²) in [5, 5.41) is 49.6. The molecular formula is C15H24N3Na3O10. The molecule has 0 aromatic heterocycles. The zero-order chi connectivity index (χ0) is 21.0.